The highest BCUT2D eigenvalue weighted by Gasteiger charge is 2.17. The smallest absolute Gasteiger partial charge is 0.252 e. The topological polar surface area (TPSA) is 85.9 Å². The summed E-state index contributed by atoms with van der Waals surface area (Å²) in [5, 5.41) is 8.83. The van der Waals surface area contributed by atoms with Crippen molar-refractivity contribution in [1.29, 1.82) is 5.26 Å². The van der Waals surface area contributed by atoms with Gasteiger partial charge in [0.05, 0.1) is 26.1 Å². The van der Waals surface area contributed by atoms with Crippen LogP contribution in [0.1, 0.15) is 22.3 Å². The van der Waals surface area contributed by atoms with Crippen molar-refractivity contribution in [3.05, 3.63) is 76.3 Å². The molecule has 0 bridgehead atoms. The lowest BCUT2D eigenvalue weighted by atomic mass is 10.1. The molecule has 0 spiro atoms. The Labute approximate surface area is 190 Å². The summed E-state index contributed by atoms with van der Waals surface area (Å²) in [5.74, 6) is 1.75. The fourth-order valence-electron chi connectivity index (χ4n) is 3.48. The summed E-state index contributed by atoms with van der Waals surface area (Å²) >= 11 is 6.22. The van der Waals surface area contributed by atoms with Crippen LogP contribution in [-0.2, 0) is 6.54 Å². The molecule has 4 rings (SSSR count). The molecule has 0 aliphatic carbocycles. The van der Waals surface area contributed by atoms with Crippen LogP contribution in [-0.4, -0.2) is 26.6 Å². The quantitative estimate of drug-likeness (QED) is 0.288. The van der Waals surface area contributed by atoms with Crippen molar-refractivity contribution in [3.63, 3.8) is 0 Å². The largest absolute Gasteiger partial charge is 0.497 e. The predicted octanol–water partition coefficient (Wildman–Crippen LogP) is 5.48. The highest BCUT2D eigenvalue weighted by molar-refractivity contribution is 6.28. The number of benzene rings is 2. The highest BCUT2D eigenvalue weighted by Crippen LogP contribution is 2.33. The zero-order valence-electron chi connectivity index (χ0n) is 17.8. The standard InChI is InChI=1S/C24H20ClN5O2/c1-15-11-18(5-4-10-26)12-16(2)21(15)32-23-20-22(28-24(25)29-23)30(14-27-20)13-17-6-8-19(31-3)9-7-17/h4-9,11-12,14H,13H2,1-3H3/b5-4+. The molecule has 0 saturated heterocycles. The normalized spacial score (nSPS) is 11.1. The number of allylic oxidation sites excluding steroid dienone is 1. The van der Waals surface area contributed by atoms with E-state index in [2.05, 4.69) is 15.0 Å². The molecule has 7 nitrogen and oxygen atoms in total. The van der Waals surface area contributed by atoms with E-state index in [1.807, 2.05) is 60.9 Å². The molecule has 0 aliphatic heterocycles. The van der Waals surface area contributed by atoms with Crippen LogP contribution in [0.15, 0.2) is 48.8 Å². The number of hydrogen-bond donors (Lipinski definition) is 0. The van der Waals surface area contributed by atoms with Gasteiger partial charge in [0, 0.05) is 6.08 Å². The number of halogens is 1. The van der Waals surface area contributed by atoms with Crippen molar-refractivity contribution in [2.24, 2.45) is 0 Å². The van der Waals surface area contributed by atoms with Gasteiger partial charge in [-0.25, -0.2) is 4.98 Å². The molecule has 2 heterocycles. The van der Waals surface area contributed by atoms with Crippen LogP contribution in [0, 0.1) is 25.2 Å². The van der Waals surface area contributed by atoms with Crippen LogP contribution in [0.25, 0.3) is 17.2 Å². The fourth-order valence-corrected chi connectivity index (χ4v) is 3.64. The summed E-state index contributed by atoms with van der Waals surface area (Å²) in [5.41, 5.74) is 4.90. The van der Waals surface area contributed by atoms with Crippen LogP contribution in [0.4, 0.5) is 0 Å². The second kappa shape index (κ2) is 9.08. The van der Waals surface area contributed by atoms with Gasteiger partial charge in [0.25, 0.3) is 5.88 Å². The van der Waals surface area contributed by atoms with Crippen LogP contribution < -0.4 is 9.47 Å². The maximum absolute atomic E-state index is 8.76. The van der Waals surface area contributed by atoms with E-state index in [1.165, 1.54) is 6.08 Å². The van der Waals surface area contributed by atoms with Gasteiger partial charge in [-0.2, -0.15) is 15.2 Å². The minimum atomic E-state index is 0.0767. The average Bonchev–Trinajstić information content (AvgIpc) is 3.17. The number of aromatic nitrogens is 4. The van der Waals surface area contributed by atoms with Gasteiger partial charge >= 0.3 is 0 Å². The number of hydrogen-bond acceptors (Lipinski definition) is 6. The number of rotatable bonds is 6. The third-order valence-electron chi connectivity index (χ3n) is 4.95. The monoisotopic (exact) mass is 445 g/mol. The predicted molar refractivity (Wildman–Crippen MR) is 123 cm³/mol. The summed E-state index contributed by atoms with van der Waals surface area (Å²) in [6, 6.07) is 13.7. The molecule has 0 aliphatic rings. The Balaban J connectivity index is 1.68. The van der Waals surface area contributed by atoms with E-state index in [0.29, 0.717) is 29.3 Å². The Hall–Kier alpha value is -3.89. The van der Waals surface area contributed by atoms with E-state index in [1.54, 1.807) is 19.5 Å². The molecular formula is C24H20ClN5O2. The van der Waals surface area contributed by atoms with Crippen LogP contribution in [0.2, 0.25) is 5.28 Å². The second-order valence-corrected chi connectivity index (χ2v) is 7.58. The lowest BCUT2D eigenvalue weighted by molar-refractivity contribution is 0.414. The summed E-state index contributed by atoms with van der Waals surface area (Å²) < 4.78 is 13.3. The minimum Gasteiger partial charge on any atom is -0.497 e. The molecule has 160 valence electrons. The van der Waals surface area contributed by atoms with Crippen LogP contribution in [0.3, 0.4) is 0 Å². The number of fused-ring (bicyclic) bond motifs is 1. The zero-order valence-corrected chi connectivity index (χ0v) is 18.6. The second-order valence-electron chi connectivity index (χ2n) is 7.24. The molecule has 32 heavy (non-hydrogen) atoms. The molecular weight excluding hydrogens is 426 g/mol. The molecule has 0 radical (unpaired) electrons. The first kappa shape index (κ1) is 21.3. The van der Waals surface area contributed by atoms with Crippen molar-refractivity contribution in [2.45, 2.75) is 20.4 Å². The summed E-state index contributed by atoms with van der Waals surface area (Å²) in [7, 11) is 1.64. The summed E-state index contributed by atoms with van der Waals surface area (Å²) in [4.78, 5) is 13.1. The Bertz CT molecular complexity index is 1330. The van der Waals surface area contributed by atoms with E-state index in [-0.39, 0.29) is 5.28 Å². The Morgan fingerprint density at radius 2 is 1.84 bits per heavy atom. The van der Waals surface area contributed by atoms with E-state index in [4.69, 9.17) is 26.3 Å². The maximum Gasteiger partial charge on any atom is 0.252 e. The van der Waals surface area contributed by atoms with E-state index in [0.717, 1.165) is 28.0 Å². The van der Waals surface area contributed by atoms with E-state index in [9.17, 15) is 0 Å². The third-order valence-corrected chi connectivity index (χ3v) is 5.12. The average molecular weight is 446 g/mol. The molecule has 0 amide bonds. The molecule has 4 aromatic rings. The molecule has 0 fully saturated rings. The lowest BCUT2D eigenvalue weighted by Gasteiger charge is -2.13. The van der Waals surface area contributed by atoms with Gasteiger partial charge in [-0.3, -0.25) is 0 Å². The number of aryl methyl sites for hydroxylation is 2. The maximum atomic E-state index is 8.76. The van der Waals surface area contributed by atoms with Crippen molar-refractivity contribution < 1.29 is 9.47 Å². The molecule has 8 heteroatoms. The molecule has 0 unspecified atom stereocenters. The Kier molecular flexibility index (Phi) is 6.06. The number of nitrogens with zero attached hydrogens (tertiary/aromatic N) is 5. The first-order valence-corrected chi connectivity index (χ1v) is 10.2. The van der Waals surface area contributed by atoms with Gasteiger partial charge in [-0.1, -0.05) is 12.1 Å². The number of methoxy groups -OCH3 is 1. The summed E-state index contributed by atoms with van der Waals surface area (Å²) in [6.07, 6.45) is 4.89. The number of ether oxygens (including phenoxy) is 2. The number of imidazole rings is 1. The molecule has 0 atom stereocenters. The molecule has 2 aromatic heterocycles. The van der Waals surface area contributed by atoms with Gasteiger partial charge in [0.15, 0.2) is 11.2 Å². The van der Waals surface area contributed by atoms with Crippen molar-refractivity contribution in [1.82, 2.24) is 19.5 Å². The summed E-state index contributed by atoms with van der Waals surface area (Å²) in [6.45, 7) is 4.44. The molecule has 0 N–H and O–H groups in total. The molecule has 2 aromatic carbocycles. The van der Waals surface area contributed by atoms with Gasteiger partial charge in [0.2, 0.25) is 5.28 Å². The first-order chi connectivity index (χ1) is 15.5. The lowest BCUT2D eigenvalue weighted by Crippen LogP contribution is -2.01. The van der Waals surface area contributed by atoms with Crippen LogP contribution in [0.5, 0.6) is 17.4 Å². The van der Waals surface area contributed by atoms with Crippen molar-refractivity contribution in [3.8, 4) is 23.4 Å². The van der Waals surface area contributed by atoms with Gasteiger partial charge in [-0.15, -0.1) is 0 Å². The third kappa shape index (κ3) is 4.41. The highest BCUT2D eigenvalue weighted by atomic mass is 35.5. The fraction of sp³-hybridized carbons (Fsp3) is 0.167. The van der Waals surface area contributed by atoms with Gasteiger partial charge < -0.3 is 14.0 Å². The molecule has 0 saturated carbocycles. The minimum absolute atomic E-state index is 0.0767. The SMILES string of the molecule is COc1ccc(Cn2cnc3c(Oc4c(C)cc(/C=C/C#N)cc4C)nc(Cl)nc32)cc1. The van der Waals surface area contributed by atoms with E-state index >= 15 is 0 Å². The Morgan fingerprint density at radius 1 is 1.12 bits per heavy atom. The Morgan fingerprint density at radius 3 is 2.50 bits per heavy atom. The van der Waals surface area contributed by atoms with E-state index < -0.39 is 0 Å². The first-order valence-electron chi connectivity index (χ1n) is 9.85. The van der Waals surface area contributed by atoms with Gasteiger partial charge in [-0.05, 0) is 78.0 Å². The zero-order chi connectivity index (χ0) is 22.7. The van der Waals surface area contributed by atoms with Crippen molar-refractivity contribution in [2.75, 3.05) is 7.11 Å². The van der Waals surface area contributed by atoms with Crippen LogP contribution >= 0.6 is 11.6 Å². The van der Waals surface area contributed by atoms with Gasteiger partial charge in [0.1, 0.15) is 11.5 Å². The van der Waals surface area contributed by atoms with Crippen molar-refractivity contribution >= 4 is 28.8 Å². The number of nitriles is 1.